The van der Waals surface area contributed by atoms with Crippen LogP contribution in [-0.4, -0.2) is 18.5 Å². The van der Waals surface area contributed by atoms with E-state index in [1.807, 2.05) is 0 Å². The van der Waals surface area contributed by atoms with E-state index in [1.54, 1.807) is 18.2 Å². The smallest absolute Gasteiger partial charge is 0.251 e. The van der Waals surface area contributed by atoms with Crippen LogP contribution in [0.25, 0.3) is 0 Å². The summed E-state index contributed by atoms with van der Waals surface area (Å²) in [7, 11) is 0. The fraction of sp³-hybridized carbons (Fsp3) is 0.462. The van der Waals surface area contributed by atoms with Crippen molar-refractivity contribution in [3.8, 4) is 0 Å². The van der Waals surface area contributed by atoms with E-state index >= 15 is 0 Å². The topological polar surface area (TPSA) is 55.1 Å². The molecule has 0 aliphatic carbocycles. The molecule has 19 heavy (non-hydrogen) atoms. The lowest BCUT2D eigenvalue weighted by atomic mass is 10.0. The molecule has 0 spiro atoms. The van der Waals surface area contributed by atoms with Gasteiger partial charge in [0, 0.05) is 18.2 Å². The fourth-order valence-corrected chi connectivity index (χ4v) is 1.99. The standard InChI is InChI=1S/C13H18Cl2N2O.ClH/c1-8(2)5-10(7-16)17-13(18)9-3-4-11(14)12(15)6-9;/h3-4,6,8,10H,5,7,16H2,1-2H3,(H,17,18);1H. The molecule has 6 heteroatoms. The fourth-order valence-electron chi connectivity index (χ4n) is 1.69. The summed E-state index contributed by atoms with van der Waals surface area (Å²) in [5, 5.41) is 3.70. The van der Waals surface area contributed by atoms with E-state index in [9.17, 15) is 4.79 Å². The van der Waals surface area contributed by atoms with E-state index in [1.165, 1.54) is 0 Å². The van der Waals surface area contributed by atoms with Crippen molar-refractivity contribution in [1.29, 1.82) is 0 Å². The van der Waals surface area contributed by atoms with Gasteiger partial charge in [0.2, 0.25) is 0 Å². The average molecular weight is 326 g/mol. The first-order chi connectivity index (χ1) is 8.43. The van der Waals surface area contributed by atoms with Crippen LogP contribution in [0.5, 0.6) is 0 Å². The number of carbonyl (C=O) groups excluding carboxylic acids is 1. The zero-order valence-electron chi connectivity index (χ0n) is 11.0. The molecule has 1 aromatic rings. The van der Waals surface area contributed by atoms with Crippen LogP contribution >= 0.6 is 35.6 Å². The lowest BCUT2D eigenvalue weighted by Crippen LogP contribution is -2.41. The molecule has 0 aliphatic rings. The van der Waals surface area contributed by atoms with Gasteiger partial charge in [0.25, 0.3) is 5.91 Å². The number of nitrogens with two attached hydrogens (primary N) is 1. The Morgan fingerprint density at radius 3 is 2.42 bits per heavy atom. The molecule has 108 valence electrons. The predicted molar refractivity (Wildman–Crippen MR) is 83.5 cm³/mol. The van der Waals surface area contributed by atoms with Gasteiger partial charge in [0.05, 0.1) is 10.0 Å². The lowest BCUT2D eigenvalue weighted by molar-refractivity contribution is 0.0934. The van der Waals surface area contributed by atoms with Crippen LogP contribution < -0.4 is 11.1 Å². The molecule has 0 bridgehead atoms. The van der Waals surface area contributed by atoms with Gasteiger partial charge in [0.15, 0.2) is 0 Å². The van der Waals surface area contributed by atoms with Crippen LogP contribution in [0, 0.1) is 5.92 Å². The highest BCUT2D eigenvalue weighted by Gasteiger charge is 2.14. The molecule has 0 saturated carbocycles. The molecule has 0 radical (unpaired) electrons. The first kappa shape index (κ1) is 18.5. The summed E-state index contributed by atoms with van der Waals surface area (Å²) in [6.45, 7) is 4.60. The summed E-state index contributed by atoms with van der Waals surface area (Å²) in [4.78, 5) is 12.0. The monoisotopic (exact) mass is 324 g/mol. The molecule has 0 saturated heterocycles. The number of halogens is 3. The Morgan fingerprint density at radius 2 is 1.95 bits per heavy atom. The molecule has 3 N–H and O–H groups in total. The highest BCUT2D eigenvalue weighted by atomic mass is 35.5. The predicted octanol–water partition coefficient (Wildman–Crippen LogP) is 3.52. The van der Waals surface area contributed by atoms with E-state index in [-0.39, 0.29) is 24.4 Å². The van der Waals surface area contributed by atoms with Crippen molar-refractivity contribution in [3.05, 3.63) is 33.8 Å². The molecule has 1 rings (SSSR count). The number of nitrogens with one attached hydrogen (secondary N) is 1. The molecule has 1 unspecified atom stereocenters. The highest BCUT2D eigenvalue weighted by molar-refractivity contribution is 6.42. The summed E-state index contributed by atoms with van der Waals surface area (Å²) >= 11 is 11.7. The number of amides is 1. The maximum Gasteiger partial charge on any atom is 0.251 e. The van der Waals surface area contributed by atoms with Gasteiger partial charge in [-0.15, -0.1) is 12.4 Å². The molecular formula is C13H19Cl3N2O. The Balaban J connectivity index is 0.00000324. The van der Waals surface area contributed by atoms with E-state index in [0.717, 1.165) is 6.42 Å². The van der Waals surface area contributed by atoms with Gasteiger partial charge in [0.1, 0.15) is 0 Å². The minimum Gasteiger partial charge on any atom is -0.348 e. The number of hydrogen-bond acceptors (Lipinski definition) is 2. The van der Waals surface area contributed by atoms with Crippen molar-refractivity contribution in [1.82, 2.24) is 5.32 Å². The SMILES string of the molecule is CC(C)CC(CN)NC(=O)c1ccc(Cl)c(Cl)c1.Cl. The first-order valence-electron chi connectivity index (χ1n) is 5.90. The van der Waals surface area contributed by atoms with Gasteiger partial charge < -0.3 is 11.1 Å². The zero-order valence-corrected chi connectivity index (χ0v) is 13.3. The second kappa shape index (κ2) is 8.64. The quantitative estimate of drug-likeness (QED) is 0.870. The minimum atomic E-state index is -0.176. The third kappa shape index (κ3) is 6.00. The lowest BCUT2D eigenvalue weighted by Gasteiger charge is -2.18. The maximum atomic E-state index is 12.0. The van der Waals surface area contributed by atoms with Crippen LogP contribution in [0.4, 0.5) is 0 Å². The van der Waals surface area contributed by atoms with Gasteiger partial charge in [-0.25, -0.2) is 0 Å². The van der Waals surface area contributed by atoms with Gasteiger partial charge >= 0.3 is 0 Å². The Labute approximate surface area is 130 Å². The number of benzene rings is 1. The molecule has 1 amide bonds. The summed E-state index contributed by atoms with van der Waals surface area (Å²) in [6, 6.07) is 4.79. The van der Waals surface area contributed by atoms with E-state index < -0.39 is 0 Å². The van der Waals surface area contributed by atoms with Gasteiger partial charge in [-0.3, -0.25) is 4.79 Å². The zero-order chi connectivity index (χ0) is 13.7. The molecule has 1 atom stereocenters. The second-order valence-electron chi connectivity index (χ2n) is 4.66. The Hall–Kier alpha value is -0.480. The van der Waals surface area contributed by atoms with Gasteiger partial charge in [-0.05, 0) is 30.5 Å². The van der Waals surface area contributed by atoms with Crippen molar-refractivity contribution in [2.24, 2.45) is 11.7 Å². The second-order valence-corrected chi connectivity index (χ2v) is 5.48. The molecule has 0 aromatic heterocycles. The first-order valence-corrected chi connectivity index (χ1v) is 6.65. The summed E-state index contributed by atoms with van der Waals surface area (Å²) < 4.78 is 0. The van der Waals surface area contributed by atoms with Gasteiger partial charge in [-0.2, -0.15) is 0 Å². The Kier molecular flexibility index (Phi) is 8.42. The van der Waals surface area contributed by atoms with Gasteiger partial charge in [-0.1, -0.05) is 37.0 Å². The van der Waals surface area contributed by atoms with Crippen molar-refractivity contribution in [2.45, 2.75) is 26.3 Å². The van der Waals surface area contributed by atoms with Crippen molar-refractivity contribution < 1.29 is 4.79 Å². The Bertz CT molecular complexity index is 424. The van der Waals surface area contributed by atoms with Crippen LogP contribution in [-0.2, 0) is 0 Å². The van der Waals surface area contributed by atoms with E-state index in [2.05, 4.69) is 19.2 Å². The summed E-state index contributed by atoms with van der Waals surface area (Å²) in [5.74, 6) is 0.303. The molecule has 0 aliphatic heterocycles. The molecule has 0 fully saturated rings. The maximum absolute atomic E-state index is 12.0. The van der Waals surface area contributed by atoms with Crippen LogP contribution in [0.2, 0.25) is 10.0 Å². The third-order valence-electron chi connectivity index (χ3n) is 2.56. The number of carbonyl (C=O) groups is 1. The highest BCUT2D eigenvalue weighted by Crippen LogP contribution is 2.22. The molecule has 3 nitrogen and oxygen atoms in total. The van der Waals surface area contributed by atoms with Crippen LogP contribution in [0.1, 0.15) is 30.6 Å². The summed E-state index contributed by atoms with van der Waals surface area (Å²) in [5.41, 5.74) is 6.13. The molecular weight excluding hydrogens is 307 g/mol. The van der Waals surface area contributed by atoms with Crippen molar-refractivity contribution >= 4 is 41.5 Å². The largest absolute Gasteiger partial charge is 0.348 e. The van der Waals surface area contributed by atoms with Crippen LogP contribution in [0.3, 0.4) is 0 Å². The minimum absolute atomic E-state index is 0. The van der Waals surface area contributed by atoms with Crippen molar-refractivity contribution in [2.75, 3.05) is 6.54 Å². The van der Waals surface area contributed by atoms with E-state index in [0.29, 0.717) is 28.1 Å². The third-order valence-corrected chi connectivity index (χ3v) is 3.30. The average Bonchev–Trinajstić information content (AvgIpc) is 2.31. The van der Waals surface area contributed by atoms with Crippen molar-refractivity contribution in [3.63, 3.8) is 0 Å². The normalized spacial score (nSPS) is 11.9. The number of hydrogen-bond donors (Lipinski definition) is 2. The summed E-state index contributed by atoms with van der Waals surface area (Å²) in [6.07, 6.45) is 0.851. The molecule has 1 aromatic carbocycles. The van der Waals surface area contributed by atoms with E-state index in [4.69, 9.17) is 28.9 Å². The number of rotatable bonds is 5. The van der Waals surface area contributed by atoms with Crippen LogP contribution in [0.15, 0.2) is 18.2 Å². The Morgan fingerprint density at radius 1 is 1.32 bits per heavy atom. The molecule has 0 heterocycles.